The SMILES string of the molecule is COc1ccccc1SC[C@H](C)CN1C(=O)N[C@H](C)C1=O. The van der Waals surface area contributed by atoms with Crippen molar-refractivity contribution in [3.8, 4) is 5.75 Å². The Morgan fingerprint density at radius 3 is 2.71 bits per heavy atom. The van der Waals surface area contributed by atoms with E-state index < -0.39 is 6.04 Å². The second-order valence-electron chi connectivity index (χ2n) is 5.19. The fraction of sp³-hybridized carbons (Fsp3) is 0.467. The van der Waals surface area contributed by atoms with Crippen molar-refractivity contribution in [2.75, 3.05) is 19.4 Å². The fourth-order valence-electron chi connectivity index (χ4n) is 2.17. The second kappa shape index (κ2) is 6.85. The molecule has 1 aliphatic heterocycles. The smallest absolute Gasteiger partial charge is 0.324 e. The topological polar surface area (TPSA) is 58.6 Å². The van der Waals surface area contributed by atoms with E-state index in [1.165, 1.54) is 4.90 Å². The number of nitrogens with one attached hydrogen (secondary N) is 1. The van der Waals surface area contributed by atoms with Crippen LogP contribution < -0.4 is 10.1 Å². The van der Waals surface area contributed by atoms with Gasteiger partial charge in [-0.1, -0.05) is 19.1 Å². The van der Waals surface area contributed by atoms with E-state index in [0.29, 0.717) is 6.54 Å². The third kappa shape index (κ3) is 3.69. The molecule has 1 aromatic rings. The molecule has 1 N–H and O–H groups in total. The van der Waals surface area contributed by atoms with Crippen LogP contribution >= 0.6 is 11.8 Å². The minimum atomic E-state index is -0.411. The van der Waals surface area contributed by atoms with Crippen LogP contribution in [0.15, 0.2) is 29.2 Å². The maximum absolute atomic E-state index is 11.8. The number of para-hydroxylation sites is 1. The number of rotatable bonds is 6. The third-order valence-corrected chi connectivity index (χ3v) is 4.69. The number of amides is 3. The Bertz CT molecular complexity index is 535. The quantitative estimate of drug-likeness (QED) is 0.647. The first kappa shape index (κ1) is 15.7. The van der Waals surface area contributed by atoms with Gasteiger partial charge in [-0.25, -0.2) is 4.79 Å². The normalized spacial score (nSPS) is 19.6. The molecule has 1 heterocycles. The number of thioether (sulfide) groups is 1. The van der Waals surface area contributed by atoms with Crippen LogP contribution in [0.4, 0.5) is 4.79 Å². The summed E-state index contributed by atoms with van der Waals surface area (Å²) in [6.45, 7) is 4.18. The first-order chi connectivity index (χ1) is 10.0. The van der Waals surface area contributed by atoms with Gasteiger partial charge in [0.15, 0.2) is 0 Å². The largest absolute Gasteiger partial charge is 0.496 e. The monoisotopic (exact) mass is 308 g/mol. The molecule has 0 saturated carbocycles. The summed E-state index contributed by atoms with van der Waals surface area (Å²) in [6.07, 6.45) is 0. The third-order valence-electron chi connectivity index (χ3n) is 3.31. The molecule has 5 nitrogen and oxygen atoms in total. The van der Waals surface area contributed by atoms with E-state index in [-0.39, 0.29) is 17.9 Å². The molecule has 2 atom stereocenters. The van der Waals surface area contributed by atoms with Gasteiger partial charge in [-0.3, -0.25) is 9.69 Å². The number of carbonyl (C=O) groups excluding carboxylic acids is 2. The molecule has 3 amide bonds. The van der Waals surface area contributed by atoms with Crippen LogP contribution in [0.5, 0.6) is 5.75 Å². The summed E-state index contributed by atoms with van der Waals surface area (Å²) in [5, 5.41) is 2.62. The zero-order chi connectivity index (χ0) is 15.4. The average Bonchev–Trinajstić information content (AvgIpc) is 2.72. The molecule has 0 unspecified atom stereocenters. The Balaban J connectivity index is 1.89. The van der Waals surface area contributed by atoms with Gasteiger partial charge in [0.25, 0.3) is 5.91 Å². The minimum Gasteiger partial charge on any atom is -0.496 e. The molecule has 0 bridgehead atoms. The lowest BCUT2D eigenvalue weighted by Crippen LogP contribution is -2.35. The molecular formula is C15H20N2O3S. The molecule has 0 spiro atoms. The van der Waals surface area contributed by atoms with Gasteiger partial charge >= 0.3 is 6.03 Å². The van der Waals surface area contributed by atoms with Crippen molar-refractivity contribution in [2.45, 2.75) is 24.8 Å². The van der Waals surface area contributed by atoms with Crippen LogP contribution in [0.3, 0.4) is 0 Å². The number of urea groups is 1. The number of nitrogens with zero attached hydrogens (tertiary/aromatic N) is 1. The van der Waals surface area contributed by atoms with E-state index in [1.54, 1.807) is 25.8 Å². The van der Waals surface area contributed by atoms with E-state index in [1.807, 2.05) is 31.2 Å². The van der Waals surface area contributed by atoms with Crippen molar-refractivity contribution in [3.63, 3.8) is 0 Å². The van der Waals surface area contributed by atoms with Crippen LogP contribution in [-0.4, -0.2) is 42.3 Å². The maximum atomic E-state index is 11.8. The summed E-state index contributed by atoms with van der Waals surface area (Å²) in [7, 11) is 1.65. The lowest BCUT2D eigenvalue weighted by atomic mass is 10.2. The van der Waals surface area contributed by atoms with Crippen molar-refractivity contribution in [3.05, 3.63) is 24.3 Å². The van der Waals surface area contributed by atoms with Crippen LogP contribution in [0.25, 0.3) is 0 Å². The number of hydrogen-bond acceptors (Lipinski definition) is 4. The van der Waals surface area contributed by atoms with Crippen LogP contribution in [0.1, 0.15) is 13.8 Å². The van der Waals surface area contributed by atoms with Gasteiger partial charge in [0.1, 0.15) is 11.8 Å². The average molecular weight is 308 g/mol. The molecule has 6 heteroatoms. The maximum Gasteiger partial charge on any atom is 0.324 e. The van der Waals surface area contributed by atoms with Gasteiger partial charge in [0.05, 0.1) is 7.11 Å². The lowest BCUT2D eigenvalue weighted by molar-refractivity contribution is -0.127. The van der Waals surface area contributed by atoms with Crippen LogP contribution in [0, 0.1) is 5.92 Å². The predicted molar refractivity (Wildman–Crippen MR) is 82.6 cm³/mol. The number of hydrogen-bond donors (Lipinski definition) is 1. The van der Waals surface area contributed by atoms with Crippen LogP contribution in [0.2, 0.25) is 0 Å². The Morgan fingerprint density at radius 1 is 1.38 bits per heavy atom. The van der Waals surface area contributed by atoms with Crippen LogP contribution in [-0.2, 0) is 4.79 Å². The molecule has 1 aromatic carbocycles. The molecule has 2 rings (SSSR count). The minimum absolute atomic E-state index is 0.144. The molecular weight excluding hydrogens is 288 g/mol. The van der Waals surface area contributed by atoms with E-state index in [2.05, 4.69) is 5.32 Å². The first-order valence-electron chi connectivity index (χ1n) is 6.90. The first-order valence-corrected chi connectivity index (χ1v) is 7.89. The highest BCUT2D eigenvalue weighted by Crippen LogP contribution is 2.30. The number of methoxy groups -OCH3 is 1. The summed E-state index contributed by atoms with van der Waals surface area (Å²) in [5.41, 5.74) is 0. The summed E-state index contributed by atoms with van der Waals surface area (Å²) in [5.74, 6) is 1.72. The molecule has 0 radical (unpaired) electrons. The van der Waals surface area contributed by atoms with Gasteiger partial charge in [0.2, 0.25) is 0 Å². The van der Waals surface area contributed by atoms with E-state index in [4.69, 9.17) is 4.74 Å². The van der Waals surface area contributed by atoms with E-state index in [9.17, 15) is 9.59 Å². The summed E-state index contributed by atoms with van der Waals surface area (Å²) >= 11 is 1.67. The van der Waals surface area contributed by atoms with E-state index >= 15 is 0 Å². The van der Waals surface area contributed by atoms with Crippen molar-refractivity contribution in [1.29, 1.82) is 0 Å². The van der Waals surface area contributed by atoms with Crippen molar-refractivity contribution in [2.24, 2.45) is 5.92 Å². The molecule has 0 aliphatic carbocycles. The number of imide groups is 1. The molecule has 1 fully saturated rings. The summed E-state index contributed by atoms with van der Waals surface area (Å²) in [6, 6.07) is 7.13. The number of benzene rings is 1. The Morgan fingerprint density at radius 2 is 2.10 bits per heavy atom. The standard InChI is InChI=1S/C15H20N2O3S/c1-10(8-17-14(18)11(2)16-15(17)19)9-21-13-7-5-4-6-12(13)20-3/h4-7,10-11H,8-9H2,1-3H3,(H,16,19)/t10-,11-/m1/s1. The molecule has 114 valence electrons. The fourth-order valence-corrected chi connectivity index (χ4v) is 3.20. The molecule has 0 aromatic heterocycles. The van der Waals surface area contributed by atoms with Gasteiger partial charge in [-0.2, -0.15) is 0 Å². The Hall–Kier alpha value is -1.69. The highest BCUT2D eigenvalue weighted by Gasteiger charge is 2.35. The molecule has 21 heavy (non-hydrogen) atoms. The molecule has 1 aliphatic rings. The highest BCUT2D eigenvalue weighted by atomic mass is 32.2. The van der Waals surface area contributed by atoms with Gasteiger partial charge < -0.3 is 10.1 Å². The van der Waals surface area contributed by atoms with E-state index in [0.717, 1.165) is 16.4 Å². The lowest BCUT2D eigenvalue weighted by Gasteiger charge is -2.18. The predicted octanol–water partition coefficient (Wildman–Crippen LogP) is 2.36. The number of ether oxygens (including phenoxy) is 1. The van der Waals surface area contributed by atoms with Crippen molar-refractivity contribution >= 4 is 23.7 Å². The zero-order valence-corrected chi connectivity index (χ0v) is 13.3. The van der Waals surface area contributed by atoms with Gasteiger partial charge in [0, 0.05) is 17.2 Å². The summed E-state index contributed by atoms with van der Waals surface area (Å²) in [4.78, 5) is 25.9. The number of carbonyl (C=O) groups is 2. The molecule has 1 saturated heterocycles. The Labute approximate surface area is 129 Å². The highest BCUT2D eigenvalue weighted by molar-refractivity contribution is 7.99. The summed E-state index contributed by atoms with van der Waals surface area (Å²) < 4.78 is 5.31. The van der Waals surface area contributed by atoms with Gasteiger partial charge in [-0.05, 0) is 25.0 Å². The van der Waals surface area contributed by atoms with Crippen molar-refractivity contribution in [1.82, 2.24) is 10.2 Å². The van der Waals surface area contributed by atoms with Crippen molar-refractivity contribution < 1.29 is 14.3 Å². The Kier molecular flexibility index (Phi) is 5.12. The van der Waals surface area contributed by atoms with Gasteiger partial charge in [-0.15, -0.1) is 11.8 Å². The second-order valence-corrected chi connectivity index (χ2v) is 6.25. The zero-order valence-electron chi connectivity index (χ0n) is 12.5.